The molecule has 0 aromatic rings. The molecular formula is CH5MgNO2. The molecule has 0 heterocycles. The van der Waals surface area contributed by atoms with E-state index in [1.807, 2.05) is 0 Å². The minimum atomic E-state index is -0.500. The van der Waals surface area contributed by atoms with Crippen LogP contribution in [0, 0.1) is 10.1 Å². The van der Waals surface area contributed by atoms with Crippen molar-refractivity contribution < 1.29 is 4.92 Å². The van der Waals surface area contributed by atoms with Crippen molar-refractivity contribution in [3.63, 3.8) is 0 Å². The van der Waals surface area contributed by atoms with E-state index in [9.17, 15) is 0 Å². The summed E-state index contributed by atoms with van der Waals surface area (Å²) in [6.45, 7) is 0. The summed E-state index contributed by atoms with van der Waals surface area (Å²) in [7, 11) is 0.889. The van der Waals surface area contributed by atoms with Gasteiger partial charge in [-0.25, -0.2) is 0 Å². The van der Waals surface area contributed by atoms with Crippen LogP contribution in [0.1, 0.15) is 0 Å². The smallest absolute Gasteiger partial charge is 0.265 e. The fourth-order valence-electron chi connectivity index (χ4n) is 0. The summed E-state index contributed by atoms with van der Waals surface area (Å²) in [5.41, 5.74) is 0. The van der Waals surface area contributed by atoms with Crippen LogP contribution in [-0.4, -0.2) is 35.0 Å². The van der Waals surface area contributed by atoms with Gasteiger partial charge in [0.25, 0.3) is 0 Å². The van der Waals surface area contributed by atoms with Crippen LogP contribution >= 0.6 is 0 Å². The molecule has 5 heavy (non-hydrogen) atoms. The van der Waals surface area contributed by atoms with Gasteiger partial charge in [0, 0.05) is 4.92 Å². The molecule has 0 amide bonds. The Hall–Kier alpha value is 0.166. The first kappa shape index (κ1) is 8.94. The molecule has 0 fully saturated rings. The summed E-state index contributed by atoms with van der Waals surface area (Å²) in [5, 5.41) is 8.81. The summed E-state index contributed by atoms with van der Waals surface area (Å²) >= 11 is 0. The van der Waals surface area contributed by atoms with E-state index >= 15 is 0 Å². The van der Waals surface area contributed by atoms with Gasteiger partial charge in [0.1, 0.15) is 0 Å². The summed E-state index contributed by atoms with van der Waals surface area (Å²) in [6.07, 6.45) is 0. The normalized spacial score (nSPS) is 5.00. The van der Waals surface area contributed by atoms with E-state index in [-0.39, 0.29) is 23.1 Å². The van der Waals surface area contributed by atoms with E-state index in [4.69, 9.17) is 10.1 Å². The zero-order chi connectivity index (χ0) is 3.58. The summed E-state index contributed by atoms with van der Waals surface area (Å²) in [5.74, 6) is 0. The maximum atomic E-state index is 8.81. The fraction of sp³-hybridized carbons (Fsp3) is 1.00. The van der Waals surface area contributed by atoms with Crippen LogP contribution < -0.4 is 0 Å². The van der Waals surface area contributed by atoms with Crippen molar-refractivity contribution >= 4 is 23.1 Å². The Bertz CT molecular complexity index is 32.6. The number of hydrogen-bond acceptors (Lipinski definition) is 2. The first-order chi connectivity index (χ1) is 1.73. The topological polar surface area (TPSA) is 43.1 Å². The zero-order valence-electron chi connectivity index (χ0n) is 2.26. The molecule has 0 radical (unpaired) electrons. The van der Waals surface area contributed by atoms with Gasteiger partial charge in [-0.2, -0.15) is 0 Å². The molecule has 0 saturated heterocycles. The number of hydrogen-bond donors (Lipinski definition) is 0. The van der Waals surface area contributed by atoms with Crippen LogP contribution in [0.25, 0.3) is 0 Å². The van der Waals surface area contributed by atoms with Gasteiger partial charge in [0.15, 0.2) is 7.05 Å². The van der Waals surface area contributed by atoms with E-state index in [1.165, 1.54) is 0 Å². The molecule has 0 aliphatic heterocycles. The van der Waals surface area contributed by atoms with E-state index < -0.39 is 4.92 Å². The molecule has 0 aromatic carbocycles. The van der Waals surface area contributed by atoms with Crippen molar-refractivity contribution in [3.8, 4) is 0 Å². The Balaban J connectivity index is 0. The summed E-state index contributed by atoms with van der Waals surface area (Å²) < 4.78 is 0. The van der Waals surface area contributed by atoms with Gasteiger partial charge in [-0.05, 0) is 0 Å². The lowest BCUT2D eigenvalue weighted by atomic mass is 11.5. The van der Waals surface area contributed by atoms with E-state index in [0.29, 0.717) is 0 Å². The highest BCUT2D eigenvalue weighted by atomic mass is 24.3. The van der Waals surface area contributed by atoms with Crippen LogP contribution in [0.2, 0.25) is 0 Å². The minimum Gasteiger partial charge on any atom is -0.265 e. The van der Waals surface area contributed by atoms with Crippen molar-refractivity contribution in [2.75, 3.05) is 7.05 Å². The second-order valence-corrected chi connectivity index (χ2v) is 0.440. The van der Waals surface area contributed by atoms with Crippen molar-refractivity contribution in [3.05, 3.63) is 10.1 Å². The van der Waals surface area contributed by atoms with Crippen LogP contribution in [0.4, 0.5) is 0 Å². The molecule has 0 unspecified atom stereocenters. The van der Waals surface area contributed by atoms with E-state index in [0.717, 1.165) is 7.05 Å². The first-order valence-electron chi connectivity index (χ1n) is 0.812. The van der Waals surface area contributed by atoms with Crippen molar-refractivity contribution in [1.82, 2.24) is 0 Å². The predicted molar refractivity (Wildman–Crippen MR) is 21.5 cm³/mol. The monoisotopic (exact) mass is 87.0 g/mol. The summed E-state index contributed by atoms with van der Waals surface area (Å²) in [4.78, 5) is 8.31. The van der Waals surface area contributed by atoms with Gasteiger partial charge < -0.3 is 0 Å². The molecule has 0 aliphatic carbocycles. The van der Waals surface area contributed by atoms with Gasteiger partial charge in [-0.1, -0.05) is 0 Å². The average Bonchev–Trinajstić information content (AvgIpc) is 0.811. The Kier molecular flexibility index (Phi) is 7.45. The Morgan fingerprint density at radius 1 is 1.80 bits per heavy atom. The van der Waals surface area contributed by atoms with E-state index in [2.05, 4.69) is 0 Å². The zero-order valence-corrected chi connectivity index (χ0v) is 2.26. The van der Waals surface area contributed by atoms with Crippen molar-refractivity contribution in [1.29, 1.82) is 0 Å². The quantitative estimate of drug-likeness (QED) is 0.216. The van der Waals surface area contributed by atoms with E-state index in [1.54, 1.807) is 0 Å². The third-order valence-corrected chi connectivity index (χ3v) is 0. The standard InChI is InChI=1S/CH3NO2.Mg.2H/c1-2(3)4;;;/h1H3;;;. The SMILES string of the molecule is C[N+](=O)[O-].[MgH2]. The predicted octanol–water partition coefficient (Wildman–Crippen LogP) is -1.02. The molecule has 0 saturated carbocycles. The van der Waals surface area contributed by atoms with Gasteiger partial charge in [0.2, 0.25) is 0 Å². The molecule has 0 spiro atoms. The lowest BCUT2D eigenvalue weighted by molar-refractivity contribution is -0.445. The van der Waals surface area contributed by atoms with Crippen molar-refractivity contribution in [2.45, 2.75) is 0 Å². The molecule has 3 nitrogen and oxygen atoms in total. The lowest BCUT2D eigenvalue weighted by Gasteiger charge is -1.63. The van der Waals surface area contributed by atoms with Gasteiger partial charge in [-0.3, -0.25) is 10.1 Å². The lowest BCUT2D eigenvalue weighted by Crippen LogP contribution is -1.79. The number of nitrogens with zero attached hydrogens (tertiary/aromatic N) is 1. The second-order valence-electron chi connectivity index (χ2n) is 0.440. The average molecular weight is 87.4 g/mol. The third-order valence-electron chi connectivity index (χ3n) is 0. The van der Waals surface area contributed by atoms with Crippen LogP contribution in [-0.2, 0) is 0 Å². The Labute approximate surface area is 45.7 Å². The highest BCUT2D eigenvalue weighted by Crippen LogP contribution is 1.39. The maximum absolute atomic E-state index is 8.81. The molecule has 0 aliphatic rings. The highest BCUT2D eigenvalue weighted by Gasteiger charge is 1.57. The van der Waals surface area contributed by atoms with Gasteiger partial charge in [0.05, 0.1) is 0 Å². The van der Waals surface area contributed by atoms with Crippen molar-refractivity contribution in [2.24, 2.45) is 0 Å². The third kappa shape index (κ3) is 707. The Morgan fingerprint density at radius 3 is 1.80 bits per heavy atom. The second kappa shape index (κ2) is 4.17. The molecule has 28 valence electrons. The first-order valence-corrected chi connectivity index (χ1v) is 0.812. The minimum absolute atomic E-state index is 0. The van der Waals surface area contributed by atoms with Crippen LogP contribution in [0.3, 0.4) is 0 Å². The van der Waals surface area contributed by atoms with Crippen LogP contribution in [0.5, 0.6) is 0 Å². The number of rotatable bonds is 0. The van der Waals surface area contributed by atoms with Gasteiger partial charge >= 0.3 is 23.1 Å². The Morgan fingerprint density at radius 2 is 1.80 bits per heavy atom. The number of nitro groups is 1. The van der Waals surface area contributed by atoms with Crippen LogP contribution in [0.15, 0.2) is 0 Å². The maximum Gasteiger partial charge on any atom is 0.316 e. The van der Waals surface area contributed by atoms with Gasteiger partial charge in [-0.15, -0.1) is 0 Å². The fourth-order valence-corrected chi connectivity index (χ4v) is 0. The summed E-state index contributed by atoms with van der Waals surface area (Å²) in [6, 6.07) is 0. The highest BCUT2D eigenvalue weighted by molar-refractivity contribution is 5.75. The molecule has 4 heteroatoms. The largest absolute Gasteiger partial charge is 0.316 e. The molecule has 0 atom stereocenters. The molecule has 0 aromatic heterocycles. The molecule has 0 N–H and O–H groups in total. The molecule has 0 rings (SSSR count). The molecular weight excluding hydrogens is 82.3 g/mol. The molecule has 0 bridgehead atoms.